The van der Waals surface area contributed by atoms with E-state index in [0.29, 0.717) is 6.42 Å². The summed E-state index contributed by atoms with van der Waals surface area (Å²) < 4.78 is 48.3. The van der Waals surface area contributed by atoms with Crippen molar-refractivity contribution in [1.29, 1.82) is 0 Å². The highest BCUT2D eigenvalue weighted by Gasteiger charge is 2.54. The van der Waals surface area contributed by atoms with Crippen molar-refractivity contribution in [2.24, 2.45) is 0 Å². The predicted octanol–water partition coefficient (Wildman–Crippen LogP) is 10.0. The zero-order chi connectivity index (χ0) is 47.7. The van der Waals surface area contributed by atoms with E-state index in [1.165, 1.54) is 86.7 Å². The van der Waals surface area contributed by atoms with Crippen molar-refractivity contribution in [2.45, 2.75) is 95.4 Å². The van der Waals surface area contributed by atoms with E-state index in [0.717, 1.165) is 19.3 Å². The molecule has 1 saturated heterocycles. The molecule has 1 aliphatic rings. The number of fused-ring (bicyclic) bond motifs is 1. The number of aromatic hydroxyl groups is 1. The normalized spacial score (nSPS) is 17.7. The van der Waals surface area contributed by atoms with Gasteiger partial charge in [-0.1, -0.05) is 131 Å². The summed E-state index contributed by atoms with van der Waals surface area (Å²) in [7, 11) is 0. The molecule has 1 fully saturated rings. The minimum absolute atomic E-state index is 0.0120. The van der Waals surface area contributed by atoms with Gasteiger partial charge >= 0.3 is 29.5 Å². The van der Waals surface area contributed by atoms with Crippen LogP contribution >= 0.6 is 0 Å². The molecule has 14 nitrogen and oxygen atoms in total. The van der Waals surface area contributed by atoms with E-state index in [4.69, 9.17) is 37.6 Å². The molecule has 6 aromatic rings. The summed E-state index contributed by atoms with van der Waals surface area (Å²) in [5.74, 6) is -4.09. The van der Waals surface area contributed by atoms with Crippen molar-refractivity contribution in [1.82, 2.24) is 0 Å². The fourth-order valence-electron chi connectivity index (χ4n) is 7.69. The van der Waals surface area contributed by atoms with Gasteiger partial charge in [-0.15, -0.1) is 0 Å². The highest BCUT2D eigenvalue weighted by Crippen LogP contribution is 2.36. The standard InChI is InChI=1S/C54H54O14/c1-2-3-4-5-6-7-8-9-22-33-61-46-44(55)41-32-31-40(34-42(41)64-53(46)60)63-54-48(68-52(59)39-29-20-13-21-30-39)47(67-51(58)38-27-18-12-19-28-38)45(66-50(57)37-25-16-11-17-26-37)43(65-54)35-62-49(56)36-23-14-10-15-24-36/h10-21,23-32,34,43,45,47-48,54-55H,2-9,22,33,35H2,1H3/t43-,45+,47+,48-,54-/m1/s1. The Bertz CT molecular complexity index is 2640. The number of rotatable bonds is 22. The van der Waals surface area contributed by atoms with Gasteiger partial charge in [0.1, 0.15) is 24.0 Å². The van der Waals surface area contributed by atoms with Gasteiger partial charge in [0.2, 0.25) is 18.1 Å². The summed E-state index contributed by atoms with van der Waals surface area (Å²) in [6.45, 7) is 1.84. The summed E-state index contributed by atoms with van der Waals surface area (Å²) >= 11 is 0. The molecule has 1 aliphatic heterocycles. The Hall–Kier alpha value is -7.45. The quantitative estimate of drug-likeness (QED) is 0.0294. The van der Waals surface area contributed by atoms with Gasteiger partial charge in [0.05, 0.1) is 34.2 Å². The van der Waals surface area contributed by atoms with Gasteiger partial charge < -0.3 is 42.7 Å². The first-order chi connectivity index (χ1) is 33.2. The molecule has 354 valence electrons. The molecule has 0 saturated carbocycles. The van der Waals surface area contributed by atoms with Gasteiger partial charge in [-0.3, -0.25) is 0 Å². The second kappa shape index (κ2) is 24.4. The molecule has 0 amide bonds. The lowest BCUT2D eigenvalue weighted by atomic mass is 9.97. The molecule has 7 rings (SSSR count). The zero-order valence-corrected chi connectivity index (χ0v) is 37.7. The third-order valence-corrected chi connectivity index (χ3v) is 11.3. The van der Waals surface area contributed by atoms with Crippen molar-refractivity contribution in [3.63, 3.8) is 0 Å². The van der Waals surface area contributed by atoms with Gasteiger partial charge in [0.15, 0.2) is 18.0 Å². The summed E-state index contributed by atoms with van der Waals surface area (Å²) in [6, 6.07) is 36.3. The predicted molar refractivity (Wildman–Crippen MR) is 250 cm³/mol. The monoisotopic (exact) mass is 926 g/mol. The maximum Gasteiger partial charge on any atom is 0.383 e. The molecule has 0 unspecified atom stereocenters. The first-order valence-corrected chi connectivity index (χ1v) is 22.9. The van der Waals surface area contributed by atoms with E-state index in [1.54, 1.807) is 84.9 Å². The Labute approximate surface area is 393 Å². The molecule has 5 atom stereocenters. The first kappa shape index (κ1) is 48.5. The molecular formula is C54H54O14. The van der Waals surface area contributed by atoms with E-state index in [1.807, 2.05) is 0 Å². The average Bonchev–Trinajstić information content (AvgIpc) is 3.37. The lowest BCUT2D eigenvalue weighted by Crippen LogP contribution is -2.63. The van der Waals surface area contributed by atoms with Crippen LogP contribution in [0.3, 0.4) is 0 Å². The van der Waals surface area contributed by atoms with Gasteiger partial charge in [-0.05, 0) is 67.1 Å². The average molecular weight is 927 g/mol. The summed E-state index contributed by atoms with van der Waals surface area (Å²) in [6.07, 6.45) is 1.85. The molecule has 0 spiro atoms. The van der Waals surface area contributed by atoms with E-state index < -0.39 is 72.6 Å². The number of hydrogen-bond acceptors (Lipinski definition) is 14. The number of ether oxygens (including phenoxy) is 7. The number of carbonyl (C=O) groups excluding carboxylic acids is 4. The number of carbonyl (C=O) groups is 4. The Balaban J connectivity index is 1.20. The van der Waals surface area contributed by atoms with Crippen LogP contribution < -0.4 is 15.1 Å². The van der Waals surface area contributed by atoms with Crippen LogP contribution in [0.25, 0.3) is 11.0 Å². The number of esters is 4. The van der Waals surface area contributed by atoms with Crippen LogP contribution in [0.5, 0.6) is 17.2 Å². The van der Waals surface area contributed by atoms with Crippen molar-refractivity contribution in [2.75, 3.05) is 13.2 Å². The summed E-state index contributed by atoms with van der Waals surface area (Å²) in [5.41, 5.74) is -0.406. The van der Waals surface area contributed by atoms with Crippen LogP contribution in [0, 0.1) is 0 Å². The first-order valence-electron chi connectivity index (χ1n) is 22.9. The largest absolute Gasteiger partial charge is 0.504 e. The summed E-state index contributed by atoms with van der Waals surface area (Å²) in [4.78, 5) is 68.3. The Kier molecular flexibility index (Phi) is 17.4. The molecular weight excluding hydrogens is 873 g/mol. The SMILES string of the molecule is CCCCCCCCCCCOc1c(O)c2ccc(O[C@@H]3O[C@H](COC(=O)c4ccccc4)[C@H](OC(=O)c4ccccc4)[C@H](OC(=O)c4ccccc4)[C@H]3OC(=O)c3ccccc3)cc2oc1=O. The molecule has 68 heavy (non-hydrogen) atoms. The van der Waals surface area contributed by atoms with Crippen LogP contribution in [0.4, 0.5) is 0 Å². The molecule has 5 aromatic carbocycles. The van der Waals surface area contributed by atoms with Crippen LogP contribution in [0.2, 0.25) is 0 Å². The minimum Gasteiger partial charge on any atom is -0.504 e. The Morgan fingerprint density at radius 2 is 1.03 bits per heavy atom. The Morgan fingerprint density at radius 1 is 0.559 bits per heavy atom. The van der Waals surface area contributed by atoms with Crippen LogP contribution in [-0.2, 0) is 23.7 Å². The lowest BCUT2D eigenvalue weighted by molar-refractivity contribution is -0.275. The zero-order valence-electron chi connectivity index (χ0n) is 37.7. The van der Waals surface area contributed by atoms with Crippen LogP contribution in [0.15, 0.2) is 149 Å². The third kappa shape index (κ3) is 12.9. The molecule has 2 heterocycles. The van der Waals surface area contributed by atoms with E-state index in [-0.39, 0.29) is 51.3 Å². The maximum atomic E-state index is 14.0. The van der Waals surface area contributed by atoms with Gasteiger partial charge in [-0.25, -0.2) is 24.0 Å². The van der Waals surface area contributed by atoms with Crippen LogP contribution in [0.1, 0.15) is 106 Å². The van der Waals surface area contributed by atoms with Gasteiger partial charge in [-0.2, -0.15) is 0 Å². The van der Waals surface area contributed by atoms with Crippen molar-refractivity contribution in [3.8, 4) is 17.2 Å². The number of unbranched alkanes of at least 4 members (excludes halogenated alkanes) is 8. The molecule has 0 radical (unpaired) electrons. The second-order valence-electron chi connectivity index (χ2n) is 16.2. The van der Waals surface area contributed by atoms with Crippen molar-refractivity contribution in [3.05, 3.63) is 172 Å². The number of hydrogen-bond donors (Lipinski definition) is 1. The van der Waals surface area contributed by atoms with Gasteiger partial charge in [0.25, 0.3) is 0 Å². The maximum absolute atomic E-state index is 14.0. The highest BCUT2D eigenvalue weighted by atomic mass is 16.7. The fraction of sp³-hybridized carbons (Fsp3) is 0.315. The smallest absolute Gasteiger partial charge is 0.383 e. The third-order valence-electron chi connectivity index (χ3n) is 11.3. The minimum atomic E-state index is -1.68. The molecule has 14 heteroatoms. The van der Waals surface area contributed by atoms with Crippen molar-refractivity contribution < 1.29 is 61.9 Å². The molecule has 0 bridgehead atoms. The van der Waals surface area contributed by atoms with E-state index in [2.05, 4.69) is 6.92 Å². The van der Waals surface area contributed by atoms with E-state index in [9.17, 15) is 29.1 Å². The molecule has 1 aromatic heterocycles. The lowest BCUT2D eigenvalue weighted by Gasteiger charge is -2.44. The molecule has 0 aliphatic carbocycles. The molecule has 1 N–H and O–H groups in total. The topological polar surface area (TPSA) is 183 Å². The Morgan fingerprint density at radius 3 is 1.56 bits per heavy atom. The van der Waals surface area contributed by atoms with Gasteiger partial charge in [0, 0.05) is 6.07 Å². The van der Waals surface area contributed by atoms with Crippen molar-refractivity contribution >= 4 is 34.8 Å². The number of benzene rings is 5. The fourth-order valence-corrected chi connectivity index (χ4v) is 7.69. The summed E-state index contributed by atoms with van der Waals surface area (Å²) in [5, 5.41) is 11.4. The van der Waals surface area contributed by atoms with Crippen LogP contribution in [-0.4, -0.2) is 72.9 Å². The second-order valence-corrected chi connectivity index (χ2v) is 16.2. The van der Waals surface area contributed by atoms with E-state index >= 15 is 0 Å². The highest BCUT2D eigenvalue weighted by molar-refractivity contribution is 5.92.